The summed E-state index contributed by atoms with van der Waals surface area (Å²) in [5.41, 5.74) is 0. The minimum Gasteiger partial charge on any atom is -0.294 e. The van der Waals surface area contributed by atoms with E-state index in [0.717, 1.165) is 4.62 Å². The van der Waals surface area contributed by atoms with Crippen LogP contribution in [0.4, 0.5) is 0 Å². The van der Waals surface area contributed by atoms with Crippen LogP contribution in [0.2, 0.25) is 0 Å². The molecule has 1 heterocycles. The van der Waals surface area contributed by atoms with E-state index in [9.17, 15) is 4.79 Å². The number of allylic oxidation sites excluding steroid dienone is 1. The highest BCUT2D eigenvalue weighted by atomic mass is 79.9. The predicted octanol–water partition coefficient (Wildman–Crippen LogP) is 1.51. The summed E-state index contributed by atoms with van der Waals surface area (Å²) in [5, 5.41) is 0. The van der Waals surface area contributed by atoms with Crippen molar-refractivity contribution in [2.24, 2.45) is 10.9 Å². The standard InChI is InChI=1S/C6H6BrNO/c1-4-5(9)2-3-8-6(4)7/h2-4H,1H3. The molecule has 1 unspecified atom stereocenters. The van der Waals surface area contributed by atoms with Gasteiger partial charge in [0.05, 0.1) is 10.5 Å². The van der Waals surface area contributed by atoms with Crippen molar-refractivity contribution in [3.8, 4) is 0 Å². The van der Waals surface area contributed by atoms with Gasteiger partial charge in [0.2, 0.25) is 0 Å². The summed E-state index contributed by atoms with van der Waals surface area (Å²) >= 11 is 3.17. The van der Waals surface area contributed by atoms with Crippen molar-refractivity contribution in [2.75, 3.05) is 0 Å². The fraction of sp³-hybridized carbons (Fsp3) is 0.333. The summed E-state index contributed by atoms with van der Waals surface area (Å²) in [5.74, 6) is 0.0203. The number of carbonyl (C=O) groups is 1. The smallest absolute Gasteiger partial charge is 0.166 e. The molecule has 0 N–H and O–H groups in total. The van der Waals surface area contributed by atoms with Gasteiger partial charge in [-0.2, -0.15) is 0 Å². The molecule has 1 rings (SSSR count). The van der Waals surface area contributed by atoms with E-state index in [2.05, 4.69) is 20.9 Å². The highest BCUT2D eigenvalue weighted by molar-refractivity contribution is 9.18. The molecule has 0 saturated heterocycles. The van der Waals surface area contributed by atoms with Crippen LogP contribution < -0.4 is 0 Å². The molecule has 1 aliphatic heterocycles. The Morgan fingerprint density at radius 3 is 2.89 bits per heavy atom. The van der Waals surface area contributed by atoms with Crippen molar-refractivity contribution in [1.82, 2.24) is 0 Å². The van der Waals surface area contributed by atoms with Crippen molar-refractivity contribution >= 4 is 26.3 Å². The summed E-state index contributed by atoms with van der Waals surface area (Å²) in [6, 6.07) is 0. The Morgan fingerprint density at radius 1 is 1.78 bits per heavy atom. The van der Waals surface area contributed by atoms with Crippen molar-refractivity contribution in [1.29, 1.82) is 0 Å². The zero-order chi connectivity index (χ0) is 6.85. The average molecular weight is 188 g/mol. The Labute approximate surface area is 61.8 Å². The lowest BCUT2D eigenvalue weighted by molar-refractivity contribution is -0.116. The van der Waals surface area contributed by atoms with Gasteiger partial charge in [0, 0.05) is 12.3 Å². The van der Waals surface area contributed by atoms with E-state index in [1.807, 2.05) is 6.92 Å². The Balaban J connectivity index is 2.86. The van der Waals surface area contributed by atoms with Gasteiger partial charge in [0.1, 0.15) is 0 Å². The zero-order valence-electron chi connectivity index (χ0n) is 4.97. The maximum Gasteiger partial charge on any atom is 0.166 e. The topological polar surface area (TPSA) is 29.4 Å². The molecule has 0 aromatic heterocycles. The van der Waals surface area contributed by atoms with E-state index in [-0.39, 0.29) is 11.7 Å². The molecule has 0 aromatic carbocycles. The molecule has 0 spiro atoms. The number of rotatable bonds is 0. The first-order chi connectivity index (χ1) is 4.22. The van der Waals surface area contributed by atoms with E-state index < -0.39 is 0 Å². The van der Waals surface area contributed by atoms with Gasteiger partial charge in [0.15, 0.2) is 5.78 Å². The fourth-order valence-electron chi connectivity index (χ4n) is 0.555. The molecule has 0 fully saturated rings. The number of ketones is 1. The molecule has 0 saturated carbocycles. The van der Waals surface area contributed by atoms with Crippen molar-refractivity contribution < 1.29 is 4.79 Å². The van der Waals surface area contributed by atoms with Crippen LogP contribution in [0.5, 0.6) is 0 Å². The Bertz CT molecular complexity index is 195. The molecule has 1 aliphatic rings. The van der Waals surface area contributed by atoms with Crippen LogP contribution in [-0.4, -0.2) is 10.4 Å². The first-order valence-electron chi connectivity index (χ1n) is 2.65. The van der Waals surface area contributed by atoms with E-state index in [1.54, 1.807) is 0 Å². The largest absolute Gasteiger partial charge is 0.294 e. The molecular weight excluding hydrogens is 182 g/mol. The lowest BCUT2D eigenvalue weighted by Gasteiger charge is -2.06. The summed E-state index contributed by atoms with van der Waals surface area (Å²) in [6.07, 6.45) is 2.99. The molecule has 0 radical (unpaired) electrons. The number of carbonyl (C=O) groups excluding carboxylic acids is 1. The first kappa shape index (κ1) is 6.68. The summed E-state index contributed by atoms with van der Waals surface area (Å²) in [7, 11) is 0. The molecule has 0 aromatic rings. The van der Waals surface area contributed by atoms with E-state index in [0.29, 0.717) is 0 Å². The predicted molar refractivity (Wildman–Crippen MR) is 39.7 cm³/mol. The molecule has 48 valence electrons. The molecule has 0 bridgehead atoms. The van der Waals surface area contributed by atoms with Crippen molar-refractivity contribution in [2.45, 2.75) is 6.92 Å². The second-order valence-corrected chi connectivity index (χ2v) is 2.70. The third-order valence-corrected chi connectivity index (χ3v) is 2.11. The number of halogens is 1. The molecule has 9 heavy (non-hydrogen) atoms. The lowest BCUT2D eigenvalue weighted by atomic mass is 10.1. The second kappa shape index (κ2) is 2.43. The quantitative estimate of drug-likeness (QED) is 0.566. The van der Waals surface area contributed by atoms with Crippen molar-refractivity contribution in [3.05, 3.63) is 12.3 Å². The summed E-state index contributed by atoms with van der Waals surface area (Å²) in [6.45, 7) is 1.82. The number of nitrogens with zero attached hydrogens (tertiary/aromatic N) is 1. The van der Waals surface area contributed by atoms with Crippen LogP contribution in [0.15, 0.2) is 17.3 Å². The summed E-state index contributed by atoms with van der Waals surface area (Å²) in [4.78, 5) is 14.7. The SMILES string of the molecule is CC1C(=O)C=CN=C1Br. The number of aliphatic imine (C=N–C) groups is 1. The molecule has 0 amide bonds. The van der Waals surface area contributed by atoms with Gasteiger partial charge in [-0.25, -0.2) is 0 Å². The molecule has 0 aliphatic carbocycles. The van der Waals surface area contributed by atoms with Gasteiger partial charge in [-0.05, 0) is 22.9 Å². The highest BCUT2D eigenvalue weighted by Gasteiger charge is 2.16. The van der Waals surface area contributed by atoms with Crippen LogP contribution >= 0.6 is 15.9 Å². The van der Waals surface area contributed by atoms with Gasteiger partial charge in [-0.3, -0.25) is 9.79 Å². The molecular formula is C6H6BrNO. The van der Waals surface area contributed by atoms with Gasteiger partial charge >= 0.3 is 0 Å². The van der Waals surface area contributed by atoms with E-state index in [4.69, 9.17) is 0 Å². The maximum absolute atomic E-state index is 10.8. The number of hydrogen-bond acceptors (Lipinski definition) is 2. The third kappa shape index (κ3) is 1.27. The second-order valence-electron chi connectivity index (χ2n) is 1.89. The minimum atomic E-state index is -0.0880. The van der Waals surface area contributed by atoms with Crippen LogP contribution in [0.25, 0.3) is 0 Å². The monoisotopic (exact) mass is 187 g/mol. The fourth-order valence-corrected chi connectivity index (χ4v) is 0.899. The molecule has 3 heteroatoms. The molecule has 1 atom stereocenters. The Morgan fingerprint density at radius 2 is 2.44 bits per heavy atom. The average Bonchev–Trinajstić information content (AvgIpc) is 1.83. The Kier molecular flexibility index (Phi) is 1.81. The van der Waals surface area contributed by atoms with Crippen molar-refractivity contribution in [3.63, 3.8) is 0 Å². The molecule has 2 nitrogen and oxygen atoms in total. The normalized spacial score (nSPS) is 26.2. The Hall–Kier alpha value is -0.440. The van der Waals surface area contributed by atoms with Crippen LogP contribution in [0.3, 0.4) is 0 Å². The van der Waals surface area contributed by atoms with Gasteiger partial charge in [0.25, 0.3) is 0 Å². The van der Waals surface area contributed by atoms with Gasteiger partial charge in [-0.1, -0.05) is 0 Å². The zero-order valence-corrected chi connectivity index (χ0v) is 6.55. The highest BCUT2D eigenvalue weighted by Crippen LogP contribution is 2.11. The first-order valence-corrected chi connectivity index (χ1v) is 3.44. The van der Waals surface area contributed by atoms with E-state index >= 15 is 0 Å². The lowest BCUT2D eigenvalue weighted by Crippen LogP contribution is -2.16. The van der Waals surface area contributed by atoms with Crippen LogP contribution in [-0.2, 0) is 4.79 Å². The van der Waals surface area contributed by atoms with Gasteiger partial charge < -0.3 is 0 Å². The van der Waals surface area contributed by atoms with Crippen LogP contribution in [0.1, 0.15) is 6.92 Å². The van der Waals surface area contributed by atoms with E-state index in [1.165, 1.54) is 12.3 Å². The third-order valence-electron chi connectivity index (χ3n) is 1.22. The summed E-state index contributed by atoms with van der Waals surface area (Å²) < 4.78 is 0.718. The minimum absolute atomic E-state index is 0.0880. The number of hydrogen-bond donors (Lipinski definition) is 0. The van der Waals surface area contributed by atoms with Gasteiger partial charge in [-0.15, -0.1) is 0 Å². The van der Waals surface area contributed by atoms with Crippen LogP contribution in [0, 0.1) is 5.92 Å². The maximum atomic E-state index is 10.8.